The van der Waals surface area contributed by atoms with Gasteiger partial charge in [-0.25, -0.2) is 9.59 Å². The Morgan fingerprint density at radius 1 is 1.31 bits per heavy atom. The molecule has 2 N–H and O–H groups in total. The average Bonchev–Trinajstić information content (AvgIpc) is 2.26. The summed E-state index contributed by atoms with van der Waals surface area (Å²) in [5, 5.41) is 17.2. The number of rotatable bonds is 3. The van der Waals surface area contributed by atoms with E-state index in [1.165, 1.54) is 12.1 Å². The van der Waals surface area contributed by atoms with Crippen molar-refractivity contribution in [1.29, 1.82) is 0 Å². The van der Waals surface area contributed by atoms with Crippen LogP contribution >= 0.6 is 0 Å². The Kier molecular flexibility index (Phi) is 3.63. The first-order valence-electron chi connectivity index (χ1n) is 4.74. The van der Waals surface area contributed by atoms with Crippen LogP contribution in [-0.2, 0) is 11.3 Å². The van der Waals surface area contributed by atoms with Crippen LogP contribution in [0.1, 0.15) is 38.8 Å². The topological polar surface area (TPSA) is 83.8 Å². The van der Waals surface area contributed by atoms with Gasteiger partial charge >= 0.3 is 11.9 Å². The van der Waals surface area contributed by atoms with E-state index in [9.17, 15) is 9.59 Å². The molecule has 0 radical (unpaired) electrons. The van der Waals surface area contributed by atoms with E-state index in [0.29, 0.717) is 17.5 Å². The van der Waals surface area contributed by atoms with E-state index in [4.69, 9.17) is 10.4 Å². The quantitative estimate of drug-likeness (QED) is 0.605. The molecule has 86 valence electrons. The molecule has 0 atom stereocenters. The van der Waals surface area contributed by atoms with E-state index < -0.39 is 11.9 Å². The number of benzene rings is 1. The molecule has 5 nitrogen and oxygen atoms in total. The lowest BCUT2D eigenvalue weighted by molar-refractivity contribution is -0.182. The highest BCUT2D eigenvalue weighted by molar-refractivity contribution is 5.95. The number of carboxylic acids is 1. The predicted octanol–water partition coefficient (Wildman–Crippen LogP) is 1.89. The molecule has 1 aromatic carbocycles. The van der Waals surface area contributed by atoms with E-state index >= 15 is 0 Å². The molecule has 0 fully saturated rings. The van der Waals surface area contributed by atoms with Gasteiger partial charge in [-0.05, 0) is 36.6 Å². The van der Waals surface area contributed by atoms with Gasteiger partial charge in [-0.15, -0.1) is 0 Å². The molecule has 0 unspecified atom stereocenters. The predicted molar refractivity (Wildman–Crippen MR) is 55.6 cm³/mol. The molecule has 16 heavy (non-hydrogen) atoms. The highest BCUT2D eigenvalue weighted by atomic mass is 17.1. The molecule has 0 heterocycles. The third-order valence-electron chi connectivity index (χ3n) is 2.49. The molecule has 0 amide bonds. The average molecular weight is 224 g/mol. The van der Waals surface area contributed by atoms with E-state index in [1.54, 1.807) is 13.8 Å². The van der Waals surface area contributed by atoms with Crippen LogP contribution in [0.3, 0.4) is 0 Å². The highest BCUT2D eigenvalue weighted by Crippen LogP contribution is 2.20. The number of hydrogen-bond donors (Lipinski definition) is 2. The molecule has 0 aliphatic heterocycles. The minimum Gasteiger partial charge on any atom is -0.478 e. The smallest absolute Gasteiger partial charge is 0.373 e. The monoisotopic (exact) mass is 224 g/mol. The molecular weight excluding hydrogens is 212 g/mol. The number of carbonyl (C=O) groups excluding carboxylic acids is 1. The van der Waals surface area contributed by atoms with Crippen LogP contribution in [0.5, 0.6) is 0 Å². The summed E-state index contributed by atoms with van der Waals surface area (Å²) in [5.74, 6) is -1.92. The van der Waals surface area contributed by atoms with Gasteiger partial charge in [0, 0.05) is 0 Å². The summed E-state index contributed by atoms with van der Waals surface area (Å²) < 4.78 is 0. The Morgan fingerprint density at radius 3 is 2.31 bits per heavy atom. The van der Waals surface area contributed by atoms with E-state index in [2.05, 4.69) is 4.89 Å². The van der Waals surface area contributed by atoms with Crippen LogP contribution < -0.4 is 0 Å². The molecule has 0 aliphatic carbocycles. The van der Waals surface area contributed by atoms with Crippen molar-refractivity contribution in [3.8, 4) is 0 Å². The Bertz CT molecular complexity index is 436. The zero-order valence-corrected chi connectivity index (χ0v) is 8.98. The lowest BCUT2D eigenvalue weighted by Gasteiger charge is -2.10. The zero-order chi connectivity index (χ0) is 12.3. The maximum absolute atomic E-state index is 11.2. The summed E-state index contributed by atoms with van der Waals surface area (Å²) >= 11 is 0. The fraction of sp³-hybridized carbons (Fsp3) is 0.273. The first-order valence-corrected chi connectivity index (χ1v) is 4.74. The van der Waals surface area contributed by atoms with Gasteiger partial charge in [-0.2, -0.15) is 5.26 Å². The van der Waals surface area contributed by atoms with Crippen molar-refractivity contribution in [2.75, 3.05) is 0 Å². The molecule has 1 rings (SSSR count). The van der Waals surface area contributed by atoms with Crippen LogP contribution in [0.2, 0.25) is 0 Å². The fourth-order valence-corrected chi connectivity index (χ4v) is 1.68. The van der Waals surface area contributed by atoms with Crippen molar-refractivity contribution >= 4 is 11.9 Å². The molecular formula is C11H12O5. The van der Waals surface area contributed by atoms with Crippen LogP contribution in [0, 0.1) is 6.92 Å². The van der Waals surface area contributed by atoms with Crippen LogP contribution in [0.4, 0.5) is 0 Å². The standard InChI is InChI=1S/C11H12O5/c1-3-7-6(2)8(10(12)13)4-5-9(7)11(14)16-15/h4-5,15H,3H2,1-2H3,(H,12,13). The third-order valence-corrected chi connectivity index (χ3v) is 2.49. The maximum atomic E-state index is 11.2. The van der Waals surface area contributed by atoms with Gasteiger partial charge in [0.2, 0.25) is 0 Å². The van der Waals surface area contributed by atoms with Gasteiger partial charge in [0.15, 0.2) is 0 Å². The van der Waals surface area contributed by atoms with Crippen LogP contribution in [-0.4, -0.2) is 22.3 Å². The van der Waals surface area contributed by atoms with Crippen molar-refractivity contribution in [3.63, 3.8) is 0 Å². The zero-order valence-electron chi connectivity index (χ0n) is 8.98. The summed E-state index contributed by atoms with van der Waals surface area (Å²) in [6.45, 7) is 3.42. The molecule has 0 bridgehead atoms. The summed E-state index contributed by atoms with van der Waals surface area (Å²) in [4.78, 5) is 25.7. The number of aromatic carboxylic acids is 1. The minimum absolute atomic E-state index is 0.145. The molecule has 5 heteroatoms. The van der Waals surface area contributed by atoms with Gasteiger partial charge in [-0.1, -0.05) is 6.92 Å². The van der Waals surface area contributed by atoms with Crippen LogP contribution in [0.25, 0.3) is 0 Å². The summed E-state index contributed by atoms with van der Waals surface area (Å²) in [7, 11) is 0. The Hall–Kier alpha value is -1.88. The summed E-state index contributed by atoms with van der Waals surface area (Å²) in [6.07, 6.45) is 0.484. The van der Waals surface area contributed by atoms with Crippen molar-refractivity contribution in [2.45, 2.75) is 20.3 Å². The highest BCUT2D eigenvalue weighted by Gasteiger charge is 2.18. The van der Waals surface area contributed by atoms with Gasteiger partial charge in [0.25, 0.3) is 0 Å². The lowest BCUT2D eigenvalue weighted by atomic mass is 9.95. The first-order chi connectivity index (χ1) is 7.52. The Balaban J connectivity index is 3.40. The van der Waals surface area contributed by atoms with Crippen molar-refractivity contribution < 1.29 is 24.8 Å². The second-order valence-electron chi connectivity index (χ2n) is 3.30. The number of carbonyl (C=O) groups is 2. The molecule has 0 saturated heterocycles. The van der Waals surface area contributed by atoms with Crippen LogP contribution in [0.15, 0.2) is 12.1 Å². The van der Waals surface area contributed by atoms with Gasteiger partial charge in [0.05, 0.1) is 11.1 Å². The second-order valence-corrected chi connectivity index (χ2v) is 3.30. The number of hydrogen-bond acceptors (Lipinski definition) is 4. The molecule has 0 aliphatic rings. The normalized spacial score (nSPS) is 9.94. The summed E-state index contributed by atoms with van der Waals surface area (Å²) in [6, 6.07) is 2.66. The maximum Gasteiger partial charge on any atom is 0.373 e. The van der Waals surface area contributed by atoms with Crippen molar-refractivity contribution in [3.05, 3.63) is 34.4 Å². The summed E-state index contributed by atoms with van der Waals surface area (Å²) in [5.41, 5.74) is 1.41. The lowest BCUT2D eigenvalue weighted by Crippen LogP contribution is -2.10. The molecule has 0 aromatic heterocycles. The first kappa shape index (κ1) is 12.2. The fourth-order valence-electron chi connectivity index (χ4n) is 1.68. The molecule has 0 spiro atoms. The Morgan fingerprint density at radius 2 is 1.88 bits per heavy atom. The van der Waals surface area contributed by atoms with Crippen molar-refractivity contribution in [2.24, 2.45) is 0 Å². The van der Waals surface area contributed by atoms with Gasteiger partial charge in [0.1, 0.15) is 0 Å². The molecule has 0 saturated carbocycles. The Labute approximate surface area is 92.2 Å². The minimum atomic E-state index is -1.05. The van der Waals surface area contributed by atoms with Gasteiger partial charge < -0.3 is 5.11 Å². The number of carboxylic acid groups (broad SMARTS) is 1. The SMILES string of the molecule is CCc1c(C(=O)OO)ccc(C(=O)O)c1C. The van der Waals surface area contributed by atoms with Gasteiger partial charge in [-0.3, -0.25) is 4.89 Å². The van der Waals surface area contributed by atoms with E-state index in [0.717, 1.165) is 0 Å². The van der Waals surface area contributed by atoms with E-state index in [1.807, 2.05) is 0 Å². The molecule has 1 aromatic rings. The van der Waals surface area contributed by atoms with E-state index in [-0.39, 0.29) is 11.1 Å². The second kappa shape index (κ2) is 4.76. The third kappa shape index (κ3) is 2.04. The van der Waals surface area contributed by atoms with Crippen molar-refractivity contribution in [1.82, 2.24) is 0 Å². The largest absolute Gasteiger partial charge is 0.478 e.